The van der Waals surface area contributed by atoms with Crippen molar-refractivity contribution in [3.63, 3.8) is 0 Å². The van der Waals surface area contributed by atoms with Crippen LogP contribution in [0.1, 0.15) is 43.9 Å². The van der Waals surface area contributed by atoms with Crippen molar-refractivity contribution in [1.29, 1.82) is 0 Å². The summed E-state index contributed by atoms with van der Waals surface area (Å²) in [5.74, 6) is 0.688. The molecule has 0 bridgehead atoms. The number of aromatic nitrogens is 2. The van der Waals surface area contributed by atoms with Crippen LogP contribution in [0.5, 0.6) is 0 Å². The molecule has 20 heavy (non-hydrogen) atoms. The van der Waals surface area contributed by atoms with Crippen molar-refractivity contribution in [2.75, 3.05) is 13.1 Å². The quantitative estimate of drug-likeness (QED) is 0.489. The molecule has 1 aromatic heterocycles. The molecule has 0 saturated carbocycles. The third-order valence-corrected chi connectivity index (χ3v) is 3.67. The van der Waals surface area contributed by atoms with Crippen molar-refractivity contribution in [1.82, 2.24) is 14.7 Å². The van der Waals surface area contributed by atoms with Gasteiger partial charge in [-0.3, -0.25) is 4.68 Å². The summed E-state index contributed by atoms with van der Waals surface area (Å²) in [6.07, 6.45) is 8.05. The Bertz CT molecular complexity index is 433. The van der Waals surface area contributed by atoms with E-state index in [2.05, 4.69) is 21.9 Å². The van der Waals surface area contributed by atoms with Gasteiger partial charge >= 0.3 is 0 Å². The van der Waals surface area contributed by atoms with E-state index in [1.54, 1.807) is 0 Å². The average molecular weight is 391 g/mol. The highest BCUT2D eigenvalue weighted by molar-refractivity contribution is 14.0. The molecule has 1 aliphatic heterocycles. The summed E-state index contributed by atoms with van der Waals surface area (Å²) in [5.41, 5.74) is 8.42. The number of nitrogens with two attached hydrogens (primary N) is 1. The molecule has 0 aliphatic carbocycles. The summed E-state index contributed by atoms with van der Waals surface area (Å²) in [6, 6.07) is 0. The van der Waals surface area contributed by atoms with Gasteiger partial charge in [0.15, 0.2) is 5.96 Å². The smallest absolute Gasteiger partial charge is 0.191 e. The van der Waals surface area contributed by atoms with Gasteiger partial charge in [-0.2, -0.15) is 5.10 Å². The second kappa shape index (κ2) is 8.49. The summed E-state index contributed by atoms with van der Waals surface area (Å²) in [6.45, 7) is 4.85. The number of rotatable bonds is 3. The van der Waals surface area contributed by atoms with E-state index < -0.39 is 0 Å². The lowest BCUT2D eigenvalue weighted by Crippen LogP contribution is -2.38. The van der Waals surface area contributed by atoms with Gasteiger partial charge in [0.25, 0.3) is 0 Å². The number of likely N-dealkylation sites (tertiary alicyclic amines) is 1. The van der Waals surface area contributed by atoms with Crippen molar-refractivity contribution in [3.05, 3.63) is 17.5 Å². The average Bonchev–Trinajstić information content (AvgIpc) is 2.62. The summed E-state index contributed by atoms with van der Waals surface area (Å²) in [5, 5.41) is 4.43. The Morgan fingerprint density at radius 3 is 2.55 bits per heavy atom. The van der Waals surface area contributed by atoms with Crippen LogP contribution in [0.3, 0.4) is 0 Å². The van der Waals surface area contributed by atoms with Crippen LogP contribution in [0.15, 0.2) is 11.2 Å². The molecule has 1 aliphatic rings. The van der Waals surface area contributed by atoms with Gasteiger partial charge in [-0.15, -0.1) is 24.0 Å². The van der Waals surface area contributed by atoms with Gasteiger partial charge in [-0.05, 0) is 19.3 Å². The number of nitrogens with zero attached hydrogens (tertiary/aromatic N) is 4. The van der Waals surface area contributed by atoms with Gasteiger partial charge in [0.05, 0.1) is 12.2 Å². The minimum Gasteiger partial charge on any atom is -0.370 e. The topological polar surface area (TPSA) is 59.4 Å². The van der Waals surface area contributed by atoms with Gasteiger partial charge in [-0.25, -0.2) is 4.99 Å². The Morgan fingerprint density at radius 2 is 1.95 bits per heavy atom. The van der Waals surface area contributed by atoms with Crippen LogP contribution < -0.4 is 5.73 Å². The van der Waals surface area contributed by atoms with Gasteiger partial charge in [0, 0.05) is 31.9 Å². The van der Waals surface area contributed by atoms with Crippen LogP contribution in [-0.4, -0.2) is 33.7 Å². The fourth-order valence-electron chi connectivity index (χ4n) is 2.58. The Labute approximate surface area is 138 Å². The molecule has 1 fully saturated rings. The van der Waals surface area contributed by atoms with Crippen LogP contribution in [0.2, 0.25) is 0 Å². The van der Waals surface area contributed by atoms with Crippen molar-refractivity contribution < 1.29 is 0 Å². The maximum absolute atomic E-state index is 6.11. The maximum Gasteiger partial charge on any atom is 0.191 e. The molecule has 1 aromatic rings. The first-order valence-electron chi connectivity index (χ1n) is 7.27. The molecule has 1 saturated heterocycles. The monoisotopic (exact) mass is 391 g/mol. The lowest BCUT2D eigenvalue weighted by Gasteiger charge is -2.21. The number of hydrogen-bond acceptors (Lipinski definition) is 2. The second-order valence-electron chi connectivity index (χ2n) is 5.20. The van der Waals surface area contributed by atoms with E-state index >= 15 is 0 Å². The van der Waals surface area contributed by atoms with E-state index in [0.717, 1.165) is 25.2 Å². The Morgan fingerprint density at radius 1 is 1.30 bits per heavy atom. The standard InChI is InChI=1S/C14H25N5.HI/c1-3-13-12(11-18(2)17-13)10-16-14(15)19-8-6-4-5-7-9-19;/h11H,3-10H2,1-2H3,(H2,15,16);1H. The normalized spacial score (nSPS) is 16.7. The van der Waals surface area contributed by atoms with E-state index in [1.807, 2.05) is 17.9 Å². The van der Waals surface area contributed by atoms with Gasteiger partial charge in [0.2, 0.25) is 0 Å². The molecule has 0 unspecified atom stereocenters. The Hall–Kier alpha value is -0.790. The zero-order valence-electron chi connectivity index (χ0n) is 12.5. The Kier molecular flexibility index (Phi) is 7.32. The lowest BCUT2D eigenvalue weighted by molar-refractivity contribution is 0.428. The summed E-state index contributed by atoms with van der Waals surface area (Å²) >= 11 is 0. The molecule has 5 nitrogen and oxygen atoms in total. The highest BCUT2D eigenvalue weighted by Gasteiger charge is 2.11. The second-order valence-corrected chi connectivity index (χ2v) is 5.20. The number of aliphatic imine (C=N–C) groups is 1. The fourth-order valence-corrected chi connectivity index (χ4v) is 2.58. The predicted molar refractivity (Wildman–Crippen MR) is 93.4 cm³/mol. The van der Waals surface area contributed by atoms with Crippen LogP contribution in [0, 0.1) is 0 Å². The number of hydrogen-bond donors (Lipinski definition) is 1. The number of aryl methyl sites for hydroxylation is 2. The number of guanidine groups is 1. The molecular formula is C14H26IN5. The van der Waals surface area contributed by atoms with Crippen LogP contribution in [-0.2, 0) is 20.0 Å². The zero-order valence-corrected chi connectivity index (χ0v) is 14.8. The molecule has 0 radical (unpaired) electrons. The molecule has 2 N–H and O–H groups in total. The summed E-state index contributed by atoms with van der Waals surface area (Å²) in [4.78, 5) is 6.77. The summed E-state index contributed by atoms with van der Waals surface area (Å²) < 4.78 is 1.85. The maximum atomic E-state index is 6.11. The molecule has 2 heterocycles. The van der Waals surface area contributed by atoms with E-state index in [4.69, 9.17) is 5.73 Å². The summed E-state index contributed by atoms with van der Waals surface area (Å²) in [7, 11) is 1.95. The first-order chi connectivity index (χ1) is 9.20. The van der Waals surface area contributed by atoms with E-state index in [0.29, 0.717) is 12.5 Å². The third kappa shape index (κ3) is 4.64. The van der Waals surface area contributed by atoms with E-state index in [-0.39, 0.29) is 24.0 Å². The van der Waals surface area contributed by atoms with E-state index in [1.165, 1.54) is 31.2 Å². The minimum atomic E-state index is 0. The van der Waals surface area contributed by atoms with Crippen LogP contribution in [0.4, 0.5) is 0 Å². The Balaban J connectivity index is 0.00000200. The molecule has 0 spiro atoms. The van der Waals surface area contributed by atoms with Crippen LogP contribution >= 0.6 is 24.0 Å². The van der Waals surface area contributed by atoms with Gasteiger partial charge in [0.1, 0.15) is 0 Å². The van der Waals surface area contributed by atoms with Gasteiger partial charge in [-0.1, -0.05) is 19.8 Å². The SMILES string of the molecule is CCc1nn(C)cc1CN=C(N)N1CCCCCC1.I. The largest absolute Gasteiger partial charge is 0.370 e. The van der Waals surface area contributed by atoms with Crippen LogP contribution in [0.25, 0.3) is 0 Å². The van der Waals surface area contributed by atoms with E-state index in [9.17, 15) is 0 Å². The van der Waals surface area contributed by atoms with Gasteiger partial charge < -0.3 is 10.6 Å². The zero-order chi connectivity index (χ0) is 13.7. The molecule has 2 rings (SSSR count). The molecule has 0 amide bonds. The van der Waals surface area contributed by atoms with Crippen molar-refractivity contribution in [2.24, 2.45) is 17.8 Å². The minimum absolute atomic E-state index is 0. The first kappa shape index (κ1) is 17.3. The molecule has 0 aromatic carbocycles. The molecule has 0 atom stereocenters. The molecule has 114 valence electrons. The lowest BCUT2D eigenvalue weighted by atomic mass is 10.2. The van der Waals surface area contributed by atoms with Crippen molar-refractivity contribution in [3.8, 4) is 0 Å². The predicted octanol–water partition coefficient (Wildman–Crippen LogP) is 2.29. The number of halogens is 1. The third-order valence-electron chi connectivity index (χ3n) is 3.67. The fraction of sp³-hybridized carbons (Fsp3) is 0.714. The highest BCUT2D eigenvalue weighted by atomic mass is 127. The molecular weight excluding hydrogens is 365 g/mol. The molecule has 6 heteroatoms. The first-order valence-corrected chi connectivity index (χ1v) is 7.27. The highest BCUT2D eigenvalue weighted by Crippen LogP contribution is 2.11. The van der Waals surface area contributed by atoms with Crippen molar-refractivity contribution >= 4 is 29.9 Å². The van der Waals surface area contributed by atoms with Crippen molar-refractivity contribution in [2.45, 2.75) is 45.6 Å².